The Labute approximate surface area is 167 Å². The van der Waals surface area contributed by atoms with E-state index in [0.29, 0.717) is 0 Å². The predicted octanol–water partition coefficient (Wildman–Crippen LogP) is 3.23. The van der Waals surface area contributed by atoms with Crippen LogP contribution in [-0.4, -0.2) is 44.3 Å². The topological polar surface area (TPSA) is 61.4 Å². The second-order valence-corrected chi connectivity index (χ2v) is 6.47. The zero-order valence-corrected chi connectivity index (χ0v) is 17.4. The molecule has 0 radical (unpaired) electrons. The summed E-state index contributed by atoms with van der Waals surface area (Å²) < 4.78 is 5.63. The van der Waals surface area contributed by atoms with E-state index in [0.717, 1.165) is 44.6 Å². The van der Waals surface area contributed by atoms with Crippen molar-refractivity contribution in [1.82, 2.24) is 15.6 Å². The van der Waals surface area contributed by atoms with E-state index in [-0.39, 0.29) is 24.0 Å². The Morgan fingerprint density at radius 2 is 2.00 bits per heavy atom. The Hall–Kier alpha value is -1.28. The zero-order valence-electron chi connectivity index (χ0n) is 15.1. The lowest BCUT2D eigenvalue weighted by Gasteiger charge is -2.12. The normalized spacial score (nSPS) is 14.4. The van der Waals surface area contributed by atoms with Gasteiger partial charge in [-0.15, -0.1) is 24.0 Å². The Balaban J connectivity index is 0.00000225. The number of halogens is 1. The molecule has 1 heterocycles. The van der Waals surface area contributed by atoms with E-state index in [1.54, 1.807) is 7.05 Å². The van der Waals surface area contributed by atoms with Crippen LogP contribution in [0.25, 0.3) is 10.9 Å². The van der Waals surface area contributed by atoms with Crippen molar-refractivity contribution in [2.75, 3.05) is 33.4 Å². The first-order valence-corrected chi connectivity index (χ1v) is 8.86. The Bertz CT molecular complexity index is 694. The highest BCUT2D eigenvalue weighted by atomic mass is 127. The van der Waals surface area contributed by atoms with E-state index >= 15 is 0 Å². The molecule has 6 heteroatoms. The van der Waals surface area contributed by atoms with Gasteiger partial charge in [0.25, 0.3) is 0 Å². The number of aromatic amines is 1. The molecule has 1 aliphatic carbocycles. The fraction of sp³-hybridized carbons (Fsp3) is 0.526. The second kappa shape index (κ2) is 10.0. The molecule has 0 saturated heterocycles. The van der Waals surface area contributed by atoms with Crippen LogP contribution < -0.4 is 10.6 Å². The lowest BCUT2D eigenvalue weighted by Crippen LogP contribution is -2.39. The fourth-order valence-electron chi connectivity index (χ4n) is 2.96. The molecule has 1 aliphatic rings. The summed E-state index contributed by atoms with van der Waals surface area (Å²) in [5.74, 6) is 1.66. The van der Waals surface area contributed by atoms with Gasteiger partial charge in [0.05, 0.1) is 6.61 Å². The van der Waals surface area contributed by atoms with Crippen LogP contribution >= 0.6 is 24.0 Å². The summed E-state index contributed by atoms with van der Waals surface area (Å²) >= 11 is 0. The summed E-state index contributed by atoms with van der Waals surface area (Å²) in [5.41, 5.74) is 3.83. The quantitative estimate of drug-likeness (QED) is 0.248. The van der Waals surface area contributed by atoms with Crippen molar-refractivity contribution >= 4 is 40.8 Å². The molecule has 2 aromatic rings. The third-order valence-electron chi connectivity index (χ3n) is 4.51. The number of aromatic nitrogens is 1. The lowest BCUT2D eigenvalue weighted by molar-refractivity contribution is 0.129. The van der Waals surface area contributed by atoms with Crippen molar-refractivity contribution in [2.45, 2.75) is 26.2 Å². The minimum atomic E-state index is 0. The Morgan fingerprint density at radius 1 is 1.24 bits per heavy atom. The first-order chi connectivity index (χ1) is 11.8. The molecular formula is C19H29IN4O. The molecule has 3 N–H and O–H groups in total. The maximum atomic E-state index is 5.63. The van der Waals surface area contributed by atoms with Crippen molar-refractivity contribution in [3.8, 4) is 0 Å². The molecule has 0 atom stereocenters. The van der Waals surface area contributed by atoms with Gasteiger partial charge in [0.2, 0.25) is 0 Å². The number of nitrogens with zero attached hydrogens (tertiary/aromatic N) is 1. The molecule has 5 nitrogen and oxygen atoms in total. The molecule has 1 aromatic carbocycles. The number of nitrogens with one attached hydrogen (secondary N) is 3. The molecule has 0 bridgehead atoms. The van der Waals surface area contributed by atoms with Crippen LogP contribution in [0.2, 0.25) is 0 Å². The number of aryl methyl sites for hydroxylation is 1. The summed E-state index contributed by atoms with van der Waals surface area (Å²) in [6.07, 6.45) is 3.64. The van der Waals surface area contributed by atoms with Crippen LogP contribution in [-0.2, 0) is 11.2 Å². The third kappa shape index (κ3) is 5.88. The second-order valence-electron chi connectivity index (χ2n) is 6.47. The third-order valence-corrected chi connectivity index (χ3v) is 4.51. The van der Waals surface area contributed by atoms with Crippen LogP contribution in [0.4, 0.5) is 0 Å². The van der Waals surface area contributed by atoms with E-state index in [9.17, 15) is 0 Å². The van der Waals surface area contributed by atoms with Gasteiger partial charge in [0.15, 0.2) is 5.96 Å². The molecule has 1 aromatic heterocycles. The van der Waals surface area contributed by atoms with E-state index < -0.39 is 0 Å². The van der Waals surface area contributed by atoms with Crippen LogP contribution in [0, 0.1) is 12.8 Å². The van der Waals surface area contributed by atoms with Crippen LogP contribution in [0.15, 0.2) is 29.3 Å². The monoisotopic (exact) mass is 456 g/mol. The molecule has 1 saturated carbocycles. The van der Waals surface area contributed by atoms with Gasteiger partial charge in [-0.1, -0.05) is 18.2 Å². The summed E-state index contributed by atoms with van der Waals surface area (Å²) in [7, 11) is 1.80. The number of benzene rings is 1. The van der Waals surface area contributed by atoms with Gasteiger partial charge in [-0.3, -0.25) is 4.99 Å². The number of ether oxygens (including phenoxy) is 1. The Kier molecular flexibility index (Phi) is 8.02. The Morgan fingerprint density at radius 3 is 2.76 bits per heavy atom. The maximum absolute atomic E-state index is 5.63. The van der Waals surface area contributed by atoms with Gasteiger partial charge in [-0.2, -0.15) is 0 Å². The van der Waals surface area contributed by atoms with E-state index in [1.807, 2.05) is 0 Å². The van der Waals surface area contributed by atoms with Crippen molar-refractivity contribution < 1.29 is 4.74 Å². The van der Waals surface area contributed by atoms with Gasteiger partial charge in [0, 0.05) is 43.3 Å². The fourth-order valence-corrected chi connectivity index (χ4v) is 2.96. The standard InChI is InChI=1S/C19H28N4O.HI/c1-14-16(17-5-3-4-6-18(17)23-14)9-10-21-19(20-2)22-11-12-24-13-15-7-8-15;/h3-6,15,23H,7-13H2,1-2H3,(H2,20,21,22);1H. The van der Waals surface area contributed by atoms with Crippen LogP contribution in [0.3, 0.4) is 0 Å². The first-order valence-electron chi connectivity index (χ1n) is 8.86. The molecule has 1 fully saturated rings. The van der Waals surface area contributed by atoms with E-state index in [4.69, 9.17) is 4.74 Å². The number of aliphatic imine (C=N–C) groups is 1. The van der Waals surface area contributed by atoms with Gasteiger partial charge >= 0.3 is 0 Å². The van der Waals surface area contributed by atoms with Gasteiger partial charge < -0.3 is 20.4 Å². The highest BCUT2D eigenvalue weighted by Gasteiger charge is 2.20. The molecule has 0 aliphatic heterocycles. The molecule has 0 unspecified atom stereocenters. The molecule has 3 rings (SSSR count). The van der Waals surface area contributed by atoms with Gasteiger partial charge in [-0.05, 0) is 43.7 Å². The molecule has 25 heavy (non-hydrogen) atoms. The van der Waals surface area contributed by atoms with Crippen LogP contribution in [0.1, 0.15) is 24.1 Å². The number of guanidine groups is 1. The minimum Gasteiger partial charge on any atom is -0.379 e. The number of para-hydroxylation sites is 1. The number of H-pyrrole nitrogens is 1. The lowest BCUT2D eigenvalue weighted by atomic mass is 10.1. The number of hydrogen-bond acceptors (Lipinski definition) is 2. The van der Waals surface area contributed by atoms with E-state index in [1.165, 1.54) is 35.0 Å². The van der Waals surface area contributed by atoms with Gasteiger partial charge in [-0.25, -0.2) is 0 Å². The highest BCUT2D eigenvalue weighted by Crippen LogP contribution is 2.28. The number of rotatable bonds is 8. The average Bonchev–Trinajstić information content (AvgIpc) is 3.36. The van der Waals surface area contributed by atoms with Crippen LogP contribution in [0.5, 0.6) is 0 Å². The summed E-state index contributed by atoms with van der Waals surface area (Å²) in [5, 5.41) is 8.00. The van der Waals surface area contributed by atoms with Gasteiger partial charge in [0.1, 0.15) is 0 Å². The number of fused-ring (bicyclic) bond motifs is 1. The predicted molar refractivity (Wildman–Crippen MR) is 115 cm³/mol. The molecule has 0 amide bonds. The molecular weight excluding hydrogens is 427 g/mol. The summed E-state index contributed by atoms with van der Waals surface area (Å²) in [4.78, 5) is 7.72. The van der Waals surface area contributed by atoms with Crippen molar-refractivity contribution in [1.29, 1.82) is 0 Å². The molecule has 0 spiro atoms. The maximum Gasteiger partial charge on any atom is 0.191 e. The van der Waals surface area contributed by atoms with E-state index in [2.05, 4.69) is 51.8 Å². The average molecular weight is 456 g/mol. The minimum absolute atomic E-state index is 0. The highest BCUT2D eigenvalue weighted by molar-refractivity contribution is 14.0. The summed E-state index contributed by atoms with van der Waals surface area (Å²) in [6.45, 7) is 5.43. The SMILES string of the molecule is CN=C(NCCOCC1CC1)NCCc1c(C)[nH]c2ccccc12.I. The smallest absolute Gasteiger partial charge is 0.191 e. The molecule has 138 valence electrons. The first kappa shape index (κ1) is 20.0. The van der Waals surface area contributed by atoms with Crippen molar-refractivity contribution in [3.05, 3.63) is 35.5 Å². The zero-order chi connectivity index (χ0) is 16.8. The van der Waals surface area contributed by atoms with Crippen molar-refractivity contribution in [3.63, 3.8) is 0 Å². The van der Waals surface area contributed by atoms with Crippen molar-refractivity contribution in [2.24, 2.45) is 10.9 Å². The summed E-state index contributed by atoms with van der Waals surface area (Å²) in [6, 6.07) is 8.46. The number of hydrogen-bond donors (Lipinski definition) is 3. The largest absolute Gasteiger partial charge is 0.379 e.